The van der Waals surface area contributed by atoms with E-state index in [0.29, 0.717) is 52.5 Å². The van der Waals surface area contributed by atoms with Gasteiger partial charge in [0.15, 0.2) is 6.29 Å². The van der Waals surface area contributed by atoms with E-state index < -0.39 is 37.1 Å². The van der Waals surface area contributed by atoms with E-state index in [1.807, 2.05) is 32.0 Å². The van der Waals surface area contributed by atoms with E-state index in [9.17, 15) is 19.5 Å². The number of nitrogens with zero attached hydrogens (tertiary/aromatic N) is 1. The van der Waals surface area contributed by atoms with Gasteiger partial charge in [0.05, 0.1) is 12.7 Å². The second kappa shape index (κ2) is 15.9. The third-order valence-corrected chi connectivity index (χ3v) is 7.50. The fraction of sp³-hybridized carbons (Fsp3) is 0.344. The largest absolute Gasteiger partial charge is 0.394 e. The zero-order chi connectivity index (χ0) is 32.6. The van der Waals surface area contributed by atoms with Crippen LogP contribution in [0.15, 0.2) is 60.7 Å². The predicted molar refractivity (Wildman–Crippen MR) is 165 cm³/mol. The average molecular weight is 629 g/mol. The quantitative estimate of drug-likeness (QED) is 0.184. The second-order valence-electron chi connectivity index (χ2n) is 10.5. The molecule has 2 amide bonds. The van der Waals surface area contributed by atoms with Crippen LogP contribution in [-0.4, -0.2) is 86.3 Å². The lowest BCUT2D eigenvalue weighted by Crippen LogP contribution is -2.46. The molecule has 0 radical (unpaired) electrons. The number of halogens is 1. The summed E-state index contributed by atoms with van der Waals surface area (Å²) < 4.78 is 0. The number of aliphatic hydroxyl groups is 6. The molecule has 1 aliphatic heterocycles. The molecule has 1 aliphatic rings. The number of aldehydes is 1. The molecule has 236 valence electrons. The minimum Gasteiger partial charge on any atom is -0.394 e. The number of fused-ring (bicyclic) bond motifs is 1. The zero-order valence-corrected chi connectivity index (χ0v) is 25.1. The van der Waals surface area contributed by atoms with Gasteiger partial charge in [-0.2, -0.15) is 0 Å². The van der Waals surface area contributed by atoms with Gasteiger partial charge in [0, 0.05) is 39.6 Å². The molecule has 1 heterocycles. The molecular formula is C32H37ClN2O9. The lowest BCUT2D eigenvalue weighted by Gasteiger charge is -2.24. The fourth-order valence-corrected chi connectivity index (χ4v) is 4.92. The highest BCUT2D eigenvalue weighted by Gasteiger charge is 2.30. The number of rotatable bonds is 8. The smallest absolute Gasteiger partial charge is 0.258 e. The van der Waals surface area contributed by atoms with Crippen LogP contribution in [0, 0.1) is 13.8 Å². The van der Waals surface area contributed by atoms with Gasteiger partial charge in [-0.15, -0.1) is 0 Å². The number of hydrogen-bond acceptors (Lipinski definition) is 9. The van der Waals surface area contributed by atoms with Gasteiger partial charge in [0.1, 0.15) is 24.4 Å². The molecule has 0 aromatic heterocycles. The minimum absolute atomic E-state index is 0.0258. The number of carbonyl (C=O) groups is 3. The molecule has 0 bridgehead atoms. The van der Waals surface area contributed by atoms with Crippen molar-refractivity contribution in [2.24, 2.45) is 0 Å². The molecule has 3 aromatic carbocycles. The molecule has 44 heavy (non-hydrogen) atoms. The van der Waals surface area contributed by atoms with E-state index in [-0.39, 0.29) is 18.1 Å². The van der Waals surface area contributed by atoms with Crippen molar-refractivity contribution in [3.05, 3.63) is 93.5 Å². The molecule has 4 rings (SSSR count). The summed E-state index contributed by atoms with van der Waals surface area (Å²) in [4.78, 5) is 37.7. The van der Waals surface area contributed by atoms with Crippen molar-refractivity contribution in [1.29, 1.82) is 0 Å². The Morgan fingerprint density at radius 2 is 1.68 bits per heavy atom. The molecular weight excluding hydrogens is 592 g/mol. The Bertz CT molecular complexity index is 1470. The number of hydrogen-bond donors (Lipinski definition) is 7. The van der Waals surface area contributed by atoms with Crippen LogP contribution in [0.3, 0.4) is 0 Å². The lowest BCUT2D eigenvalue weighted by atomic mass is 10.0. The number of aryl methyl sites for hydroxylation is 2. The summed E-state index contributed by atoms with van der Waals surface area (Å²) in [6.45, 7) is 3.50. The van der Waals surface area contributed by atoms with Crippen LogP contribution < -0.4 is 10.2 Å². The van der Waals surface area contributed by atoms with Crippen molar-refractivity contribution >= 4 is 41.1 Å². The highest BCUT2D eigenvalue weighted by Crippen LogP contribution is 2.36. The highest BCUT2D eigenvalue weighted by molar-refractivity contribution is 6.30. The van der Waals surface area contributed by atoms with Crippen molar-refractivity contribution in [1.82, 2.24) is 0 Å². The number of benzene rings is 3. The number of aliphatic hydroxyl groups excluding tert-OH is 6. The normalized spacial score (nSPS) is 17.1. The molecule has 0 aliphatic carbocycles. The molecule has 5 atom stereocenters. The standard InChI is InChI=1S/C26H25ClN2O3.C6H12O6/c1-16-6-3-4-7-20(16)25(31)28-19-10-11-21(17(2)14-19)26(32)29-13-5-8-24(30)22-15-18(27)9-12-23(22)29;7-1-3(9)5(11)6(12)4(10)2-8/h3-4,6-7,9-12,14-15,24,30H,5,8,13H2,1-2H3,(H,28,31);1,3-6,8-12H,2H2/t;3-,4+,5+,6+/m.0/s1. The van der Waals surface area contributed by atoms with Gasteiger partial charge >= 0.3 is 0 Å². The first kappa shape index (κ1) is 34.8. The number of anilines is 2. The summed E-state index contributed by atoms with van der Waals surface area (Å²) in [5, 5.41) is 57.5. The Labute approximate surface area is 260 Å². The fourth-order valence-electron chi connectivity index (χ4n) is 4.74. The van der Waals surface area contributed by atoms with Gasteiger partial charge in [-0.3, -0.25) is 9.59 Å². The van der Waals surface area contributed by atoms with Crippen molar-refractivity contribution in [3.63, 3.8) is 0 Å². The number of carbonyl (C=O) groups excluding carboxylic acids is 3. The Morgan fingerprint density at radius 1 is 0.977 bits per heavy atom. The van der Waals surface area contributed by atoms with E-state index in [1.54, 1.807) is 47.4 Å². The molecule has 11 nitrogen and oxygen atoms in total. The summed E-state index contributed by atoms with van der Waals surface area (Å²) in [6.07, 6.45) is -6.24. The lowest BCUT2D eigenvalue weighted by molar-refractivity contribution is -0.136. The SMILES string of the molecule is Cc1ccccc1C(=O)Nc1ccc(C(=O)N2CCCC(O)c3cc(Cl)ccc32)c(C)c1.O=C[C@H](O)[C@@H](O)[C@H](O)[C@H](O)CO. The van der Waals surface area contributed by atoms with Gasteiger partial charge in [-0.05, 0) is 80.3 Å². The first-order valence-electron chi connectivity index (χ1n) is 13.9. The van der Waals surface area contributed by atoms with Crippen LogP contribution in [-0.2, 0) is 4.79 Å². The maximum absolute atomic E-state index is 13.5. The average Bonchev–Trinajstić information content (AvgIpc) is 3.17. The predicted octanol–water partition coefficient (Wildman–Crippen LogP) is 2.30. The summed E-state index contributed by atoms with van der Waals surface area (Å²) in [7, 11) is 0. The molecule has 0 saturated carbocycles. The third-order valence-electron chi connectivity index (χ3n) is 7.27. The van der Waals surface area contributed by atoms with Crippen molar-refractivity contribution in [2.45, 2.75) is 57.2 Å². The van der Waals surface area contributed by atoms with E-state index >= 15 is 0 Å². The van der Waals surface area contributed by atoms with E-state index in [1.165, 1.54) is 0 Å². The Balaban J connectivity index is 0.000000375. The van der Waals surface area contributed by atoms with Crippen LogP contribution in [0.5, 0.6) is 0 Å². The van der Waals surface area contributed by atoms with Crippen LogP contribution in [0.25, 0.3) is 0 Å². The summed E-state index contributed by atoms with van der Waals surface area (Å²) in [6, 6.07) is 17.9. The van der Waals surface area contributed by atoms with Gasteiger partial charge in [-0.25, -0.2) is 0 Å². The van der Waals surface area contributed by atoms with Gasteiger partial charge in [0.2, 0.25) is 0 Å². The third kappa shape index (κ3) is 8.48. The van der Waals surface area contributed by atoms with E-state index in [0.717, 1.165) is 11.1 Å². The van der Waals surface area contributed by atoms with Crippen molar-refractivity contribution in [2.75, 3.05) is 23.4 Å². The molecule has 0 saturated heterocycles. The summed E-state index contributed by atoms with van der Waals surface area (Å²) in [5.41, 5.74) is 4.81. The number of nitrogens with one attached hydrogen (secondary N) is 1. The Kier molecular flexibility index (Phi) is 12.6. The first-order chi connectivity index (χ1) is 20.9. The zero-order valence-electron chi connectivity index (χ0n) is 24.3. The van der Waals surface area contributed by atoms with Crippen LogP contribution in [0.2, 0.25) is 5.02 Å². The topological polar surface area (TPSA) is 188 Å². The molecule has 0 fully saturated rings. The van der Waals surface area contributed by atoms with Gasteiger partial charge < -0.3 is 45.7 Å². The monoisotopic (exact) mass is 628 g/mol. The van der Waals surface area contributed by atoms with Crippen molar-refractivity contribution < 1.29 is 45.0 Å². The Morgan fingerprint density at radius 3 is 2.32 bits per heavy atom. The maximum atomic E-state index is 13.5. The van der Waals surface area contributed by atoms with Crippen LogP contribution in [0.4, 0.5) is 11.4 Å². The maximum Gasteiger partial charge on any atom is 0.258 e. The molecule has 7 N–H and O–H groups in total. The summed E-state index contributed by atoms with van der Waals surface area (Å²) >= 11 is 6.13. The van der Waals surface area contributed by atoms with Gasteiger partial charge in [-0.1, -0.05) is 29.8 Å². The molecule has 3 aromatic rings. The van der Waals surface area contributed by atoms with Crippen LogP contribution in [0.1, 0.15) is 56.4 Å². The molecule has 0 spiro atoms. The van der Waals surface area contributed by atoms with Gasteiger partial charge in [0.25, 0.3) is 11.8 Å². The number of amides is 2. The first-order valence-corrected chi connectivity index (χ1v) is 14.3. The highest BCUT2D eigenvalue weighted by atomic mass is 35.5. The van der Waals surface area contributed by atoms with Crippen molar-refractivity contribution in [3.8, 4) is 0 Å². The van der Waals surface area contributed by atoms with E-state index in [2.05, 4.69) is 5.32 Å². The Hall–Kier alpha value is -3.68. The van der Waals surface area contributed by atoms with Crippen LogP contribution >= 0.6 is 11.6 Å². The van der Waals surface area contributed by atoms with E-state index in [4.69, 9.17) is 37.1 Å². The second-order valence-corrected chi connectivity index (χ2v) is 10.9. The molecule has 12 heteroatoms. The minimum atomic E-state index is -1.79. The molecule has 1 unspecified atom stereocenters. The summed E-state index contributed by atoms with van der Waals surface area (Å²) in [5.74, 6) is -0.328.